The van der Waals surface area contributed by atoms with Gasteiger partial charge in [-0.1, -0.05) is 31.0 Å². The summed E-state index contributed by atoms with van der Waals surface area (Å²) in [6.07, 6.45) is 6.57. The summed E-state index contributed by atoms with van der Waals surface area (Å²) in [4.78, 5) is 0. The van der Waals surface area contributed by atoms with E-state index in [2.05, 4.69) is 43.4 Å². The van der Waals surface area contributed by atoms with Gasteiger partial charge in [-0.2, -0.15) is 0 Å². The van der Waals surface area contributed by atoms with Gasteiger partial charge in [-0.25, -0.2) is 0 Å². The van der Waals surface area contributed by atoms with Gasteiger partial charge >= 0.3 is 0 Å². The van der Waals surface area contributed by atoms with Crippen molar-refractivity contribution >= 4 is 0 Å². The van der Waals surface area contributed by atoms with Crippen LogP contribution in [0.5, 0.6) is 5.75 Å². The summed E-state index contributed by atoms with van der Waals surface area (Å²) in [6.45, 7) is 5.42. The van der Waals surface area contributed by atoms with Gasteiger partial charge in [0.2, 0.25) is 0 Å². The Kier molecular flexibility index (Phi) is 5.06. The van der Waals surface area contributed by atoms with Crippen LogP contribution >= 0.6 is 0 Å². The standard InChI is InChI=1S/C16H25NO/c1-3-12-17-15-6-4-5-7-16(15)18-14-10-8-13(2)9-11-14/h8-11,15-17H,3-7,12H2,1-2H3. The minimum Gasteiger partial charge on any atom is -0.489 e. The first-order valence-corrected chi connectivity index (χ1v) is 7.26. The molecule has 0 radical (unpaired) electrons. The fourth-order valence-corrected chi connectivity index (χ4v) is 2.59. The third-order valence-corrected chi connectivity index (χ3v) is 3.67. The number of hydrogen-bond donors (Lipinski definition) is 1. The average molecular weight is 247 g/mol. The van der Waals surface area contributed by atoms with Crippen molar-refractivity contribution in [3.8, 4) is 5.75 Å². The lowest BCUT2D eigenvalue weighted by molar-refractivity contribution is 0.114. The maximum atomic E-state index is 6.16. The van der Waals surface area contributed by atoms with E-state index in [9.17, 15) is 0 Å². The van der Waals surface area contributed by atoms with Crippen LogP contribution in [0.4, 0.5) is 0 Å². The van der Waals surface area contributed by atoms with Crippen LogP contribution in [0.25, 0.3) is 0 Å². The zero-order valence-corrected chi connectivity index (χ0v) is 11.6. The second kappa shape index (κ2) is 6.79. The van der Waals surface area contributed by atoms with Crippen LogP contribution in [0.2, 0.25) is 0 Å². The molecule has 0 aliphatic heterocycles. The topological polar surface area (TPSA) is 21.3 Å². The molecule has 2 atom stereocenters. The Bertz CT molecular complexity index is 347. The molecule has 1 fully saturated rings. The Labute approximate surface area is 111 Å². The number of rotatable bonds is 5. The van der Waals surface area contributed by atoms with Crippen LogP contribution in [0.15, 0.2) is 24.3 Å². The summed E-state index contributed by atoms with van der Waals surface area (Å²) in [5.74, 6) is 1.01. The van der Waals surface area contributed by atoms with E-state index in [1.165, 1.54) is 37.7 Å². The molecule has 1 aromatic carbocycles. The molecule has 1 aromatic rings. The van der Waals surface area contributed by atoms with Crippen LogP contribution in [-0.4, -0.2) is 18.7 Å². The molecular formula is C16H25NO. The Hall–Kier alpha value is -1.02. The predicted octanol–water partition coefficient (Wildman–Crippen LogP) is 3.68. The van der Waals surface area contributed by atoms with Crippen molar-refractivity contribution in [3.63, 3.8) is 0 Å². The van der Waals surface area contributed by atoms with Gasteiger partial charge in [-0.15, -0.1) is 0 Å². The van der Waals surface area contributed by atoms with E-state index in [1.807, 2.05) is 0 Å². The molecule has 18 heavy (non-hydrogen) atoms. The van der Waals surface area contributed by atoms with Crippen molar-refractivity contribution < 1.29 is 4.74 Å². The molecule has 0 saturated heterocycles. The molecule has 2 rings (SSSR count). The molecule has 1 aliphatic rings. The zero-order valence-electron chi connectivity index (χ0n) is 11.6. The molecule has 0 heterocycles. The Morgan fingerprint density at radius 2 is 1.89 bits per heavy atom. The van der Waals surface area contributed by atoms with Gasteiger partial charge in [-0.3, -0.25) is 0 Å². The van der Waals surface area contributed by atoms with Crippen LogP contribution < -0.4 is 10.1 Å². The summed E-state index contributed by atoms with van der Waals surface area (Å²) in [6, 6.07) is 8.93. The number of hydrogen-bond acceptors (Lipinski definition) is 2. The summed E-state index contributed by atoms with van der Waals surface area (Å²) < 4.78 is 6.16. The van der Waals surface area contributed by atoms with Gasteiger partial charge < -0.3 is 10.1 Å². The summed E-state index contributed by atoms with van der Waals surface area (Å²) in [7, 11) is 0. The molecule has 2 nitrogen and oxygen atoms in total. The molecule has 1 N–H and O–H groups in total. The largest absolute Gasteiger partial charge is 0.489 e. The second-order valence-electron chi connectivity index (χ2n) is 5.31. The highest BCUT2D eigenvalue weighted by atomic mass is 16.5. The summed E-state index contributed by atoms with van der Waals surface area (Å²) >= 11 is 0. The van der Waals surface area contributed by atoms with Crippen LogP contribution in [0.3, 0.4) is 0 Å². The van der Waals surface area contributed by atoms with Gasteiger partial charge in [0.05, 0.1) is 0 Å². The molecule has 0 bridgehead atoms. The van der Waals surface area contributed by atoms with Crippen molar-refractivity contribution in [2.24, 2.45) is 0 Å². The number of aryl methyl sites for hydroxylation is 1. The monoisotopic (exact) mass is 247 g/mol. The number of ether oxygens (including phenoxy) is 1. The van der Waals surface area contributed by atoms with E-state index in [-0.39, 0.29) is 0 Å². The fourth-order valence-electron chi connectivity index (χ4n) is 2.59. The minimum absolute atomic E-state index is 0.341. The normalized spacial score (nSPS) is 23.9. The molecule has 0 amide bonds. The minimum atomic E-state index is 0.341. The van der Waals surface area contributed by atoms with Crippen molar-refractivity contribution in [1.29, 1.82) is 0 Å². The molecule has 100 valence electrons. The molecule has 2 unspecified atom stereocenters. The van der Waals surface area contributed by atoms with Crippen LogP contribution in [0.1, 0.15) is 44.6 Å². The van der Waals surface area contributed by atoms with Crippen LogP contribution in [-0.2, 0) is 0 Å². The Balaban J connectivity index is 1.94. The highest BCUT2D eigenvalue weighted by Crippen LogP contribution is 2.24. The summed E-state index contributed by atoms with van der Waals surface area (Å²) in [5, 5.41) is 3.63. The molecule has 1 saturated carbocycles. The molecule has 0 spiro atoms. The average Bonchev–Trinajstić information content (AvgIpc) is 2.40. The van der Waals surface area contributed by atoms with Crippen LogP contribution in [0, 0.1) is 6.92 Å². The van der Waals surface area contributed by atoms with Gasteiger partial charge in [-0.05, 0) is 51.3 Å². The van der Waals surface area contributed by atoms with E-state index in [0.29, 0.717) is 12.1 Å². The lowest BCUT2D eigenvalue weighted by Crippen LogP contribution is -2.45. The Morgan fingerprint density at radius 1 is 1.17 bits per heavy atom. The maximum absolute atomic E-state index is 6.16. The lowest BCUT2D eigenvalue weighted by Gasteiger charge is -2.32. The summed E-state index contributed by atoms with van der Waals surface area (Å²) in [5.41, 5.74) is 1.28. The molecule has 2 heteroatoms. The first kappa shape index (κ1) is 13.4. The SMILES string of the molecule is CCCNC1CCCCC1Oc1ccc(C)cc1. The van der Waals surface area contributed by atoms with Gasteiger partial charge in [0.1, 0.15) is 11.9 Å². The van der Waals surface area contributed by atoms with Crippen molar-refractivity contribution in [2.45, 2.75) is 58.1 Å². The van der Waals surface area contributed by atoms with Gasteiger partial charge in [0.15, 0.2) is 0 Å². The second-order valence-corrected chi connectivity index (χ2v) is 5.31. The highest BCUT2D eigenvalue weighted by Gasteiger charge is 2.25. The van der Waals surface area contributed by atoms with Gasteiger partial charge in [0.25, 0.3) is 0 Å². The van der Waals surface area contributed by atoms with E-state index in [1.54, 1.807) is 0 Å². The fraction of sp³-hybridized carbons (Fsp3) is 0.625. The maximum Gasteiger partial charge on any atom is 0.119 e. The third kappa shape index (κ3) is 3.74. The quantitative estimate of drug-likeness (QED) is 0.857. The number of benzene rings is 1. The van der Waals surface area contributed by atoms with Gasteiger partial charge in [0, 0.05) is 6.04 Å². The Morgan fingerprint density at radius 3 is 2.61 bits per heavy atom. The smallest absolute Gasteiger partial charge is 0.119 e. The molecular weight excluding hydrogens is 222 g/mol. The predicted molar refractivity (Wildman–Crippen MR) is 76.1 cm³/mol. The third-order valence-electron chi connectivity index (χ3n) is 3.67. The van der Waals surface area contributed by atoms with Crippen molar-refractivity contribution in [3.05, 3.63) is 29.8 Å². The first-order valence-electron chi connectivity index (χ1n) is 7.26. The molecule has 1 aliphatic carbocycles. The van der Waals surface area contributed by atoms with E-state index in [4.69, 9.17) is 4.74 Å². The van der Waals surface area contributed by atoms with E-state index < -0.39 is 0 Å². The van der Waals surface area contributed by atoms with E-state index in [0.717, 1.165) is 12.3 Å². The molecule has 0 aromatic heterocycles. The van der Waals surface area contributed by atoms with Crippen molar-refractivity contribution in [1.82, 2.24) is 5.32 Å². The highest BCUT2D eigenvalue weighted by molar-refractivity contribution is 5.26. The lowest BCUT2D eigenvalue weighted by atomic mass is 9.92. The van der Waals surface area contributed by atoms with E-state index >= 15 is 0 Å². The first-order chi connectivity index (χ1) is 8.79. The number of nitrogens with one attached hydrogen (secondary N) is 1. The zero-order chi connectivity index (χ0) is 12.8. The van der Waals surface area contributed by atoms with Crippen molar-refractivity contribution in [2.75, 3.05) is 6.54 Å².